The van der Waals surface area contributed by atoms with Crippen LogP contribution in [-0.4, -0.2) is 0 Å². The van der Waals surface area contributed by atoms with Crippen LogP contribution in [0.2, 0.25) is 0 Å². The average Bonchev–Trinajstić information content (AvgIpc) is 3.71. The van der Waals surface area contributed by atoms with E-state index in [4.69, 9.17) is 0 Å². The molecule has 0 radical (unpaired) electrons. The molecule has 0 aliphatic rings. The highest BCUT2D eigenvalue weighted by Gasteiger charge is 2.19. The van der Waals surface area contributed by atoms with Crippen molar-refractivity contribution in [1.82, 2.24) is 0 Å². The first-order chi connectivity index (χ1) is 23.3. The summed E-state index contributed by atoms with van der Waals surface area (Å²) in [5.74, 6) is 0. The van der Waals surface area contributed by atoms with Gasteiger partial charge in [-0.25, -0.2) is 0 Å². The molecule has 0 saturated heterocycles. The van der Waals surface area contributed by atoms with Gasteiger partial charge in [0, 0.05) is 57.1 Å². The molecule has 0 saturated carbocycles. The lowest BCUT2D eigenvalue weighted by molar-refractivity contribution is 1.30. The molecule has 2 heterocycles. The van der Waals surface area contributed by atoms with Crippen molar-refractivity contribution < 1.29 is 0 Å². The number of benzene rings is 8. The van der Waals surface area contributed by atoms with E-state index in [2.05, 4.69) is 169 Å². The number of fused-ring (bicyclic) bond motifs is 10. The van der Waals surface area contributed by atoms with Crippen molar-refractivity contribution in [2.24, 2.45) is 0 Å². The Morgan fingerprint density at radius 1 is 0.362 bits per heavy atom. The Morgan fingerprint density at radius 2 is 1.00 bits per heavy atom. The summed E-state index contributed by atoms with van der Waals surface area (Å²) < 4.78 is 5.40. The smallest absolute Gasteiger partial charge is 0.0540 e. The number of rotatable bonds is 4. The van der Waals surface area contributed by atoms with Gasteiger partial charge < -0.3 is 4.90 Å². The minimum atomic E-state index is 1.14. The maximum absolute atomic E-state index is 2.43. The van der Waals surface area contributed by atoms with Crippen LogP contribution in [0.15, 0.2) is 164 Å². The molecular formula is C44H27NS2. The van der Waals surface area contributed by atoms with Gasteiger partial charge in [0.2, 0.25) is 0 Å². The molecule has 0 aliphatic carbocycles. The van der Waals surface area contributed by atoms with E-state index in [1.54, 1.807) is 0 Å². The Balaban J connectivity index is 1.22. The first kappa shape index (κ1) is 26.7. The molecule has 10 rings (SSSR count). The predicted octanol–water partition coefficient (Wildman–Crippen LogP) is 13.9. The molecule has 1 nitrogen and oxygen atoms in total. The van der Waals surface area contributed by atoms with Crippen LogP contribution in [-0.2, 0) is 0 Å². The summed E-state index contributed by atoms with van der Waals surface area (Å²) >= 11 is 3.83. The number of thiophene rings is 2. The summed E-state index contributed by atoms with van der Waals surface area (Å²) in [5, 5.41) is 10.5. The van der Waals surface area contributed by atoms with E-state index in [1.165, 1.54) is 78.7 Å². The van der Waals surface area contributed by atoms with E-state index in [-0.39, 0.29) is 0 Å². The van der Waals surface area contributed by atoms with Crippen molar-refractivity contribution >= 4 is 102 Å². The number of hydrogen-bond donors (Lipinski definition) is 0. The third-order valence-electron chi connectivity index (χ3n) is 9.44. The van der Waals surface area contributed by atoms with E-state index in [0.717, 1.165) is 11.4 Å². The second kappa shape index (κ2) is 10.5. The Morgan fingerprint density at radius 3 is 1.85 bits per heavy atom. The van der Waals surface area contributed by atoms with Crippen LogP contribution in [0.25, 0.3) is 73.0 Å². The molecule has 0 N–H and O–H groups in total. The van der Waals surface area contributed by atoms with Gasteiger partial charge >= 0.3 is 0 Å². The van der Waals surface area contributed by atoms with Crippen LogP contribution in [0, 0.1) is 0 Å². The number of nitrogens with zero attached hydrogens (tertiary/aromatic N) is 1. The fourth-order valence-electron chi connectivity index (χ4n) is 7.21. The summed E-state index contributed by atoms with van der Waals surface area (Å²) in [6, 6.07) is 60.0. The van der Waals surface area contributed by atoms with Crippen molar-refractivity contribution in [3.8, 4) is 11.1 Å². The van der Waals surface area contributed by atoms with Gasteiger partial charge in [0.1, 0.15) is 0 Å². The zero-order valence-electron chi connectivity index (χ0n) is 25.4. The van der Waals surface area contributed by atoms with Crippen LogP contribution in [0.5, 0.6) is 0 Å². The molecule has 0 unspecified atom stereocenters. The Hall–Kier alpha value is -5.48. The maximum Gasteiger partial charge on any atom is 0.0540 e. The molecule has 0 fully saturated rings. The zero-order valence-corrected chi connectivity index (χ0v) is 27.0. The fraction of sp³-hybridized carbons (Fsp3) is 0. The molecule has 10 aromatic rings. The highest BCUT2D eigenvalue weighted by molar-refractivity contribution is 7.30. The quantitative estimate of drug-likeness (QED) is 0.186. The summed E-state index contributed by atoms with van der Waals surface area (Å²) in [4.78, 5) is 2.43. The molecule has 3 heteroatoms. The van der Waals surface area contributed by atoms with Gasteiger partial charge in [-0.1, -0.05) is 121 Å². The van der Waals surface area contributed by atoms with Crippen LogP contribution in [0.3, 0.4) is 0 Å². The molecule has 220 valence electrons. The van der Waals surface area contributed by atoms with E-state index in [9.17, 15) is 0 Å². The van der Waals surface area contributed by atoms with Gasteiger partial charge in [-0.2, -0.15) is 0 Å². The van der Waals surface area contributed by atoms with Gasteiger partial charge in [-0.3, -0.25) is 0 Å². The molecule has 47 heavy (non-hydrogen) atoms. The van der Waals surface area contributed by atoms with Gasteiger partial charge in [0.25, 0.3) is 0 Å². The predicted molar refractivity (Wildman–Crippen MR) is 207 cm³/mol. The van der Waals surface area contributed by atoms with E-state index >= 15 is 0 Å². The van der Waals surface area contributed by atoms with Gasteiger partial charge in [0.15, 0.2) is 0 Å². The standard InChI is InChI=1S/C44H27NS2/c1-2-9-28(10-3-1)29-17-20-32(21-18-29)45(39-16-8-13-30-11-4-6-14-34(30)39)33-22-25-40-38(27-33)42-41(46-40)26-24-37-36-23-19-31-12-5-7-15-35(31)43(36)47-44(37)42/h1-27H. The monoisotopic (exact) mass is 633 g/mol. The average molecular weight is 634 g/mol. The normalized spacial score (nSPS) is 11.8. The highest BCUT2D eigenvalue weighted by atomic mass is 32.1. The molecule has 0 spiro atoms. The first-order valence-corrected chi connectivity index (χ1v) is 17.6. The van der Waals surface area contributed by atoms with Crippen molar-refractivity contribution in [1.29, 1.82) is 0 Å². The molecule has 8 aromatic carbocycles. The molecule has 0 atom stereocenters. The fourth-order valence-corrected chi connectivity index (χ4v) is 9.77. The second-order valence-corrected chi connectivity index (χ2v) is 14.2. The third kappa shape index (κ3) is 4.21. The number of anilines is 3. The van der Waals surface area contributed by atoms with Crippen molar-refractivity contribution in [2.75, 3.05) is 4.90 Å². The van der Waals surface area contributed by atoms with E-state index in [1.807, 2.05) is 22.7 Å². The minimum Gasteiger partial charge on any atom is -0.310 e. The van der Waals surface area contributed by atoms with E-state index < -0.39 is 0 Å². The summed E-state index contributed by atoms with van der Waals surface area (Å²) in [7, 11) is 0. The third-order valence-corrected chi connectivity index (χ3v) is 11.9. The summed E-state index contributed by atoms with van der Waals surface area (Å²) in [6.07, 6.45) is 0. The van der Waals surface area contributed by atoms with Crippen LogP contribution < -0.4 is 4.90 Å². The molecule has 0 bridgehead atoms. The summed E-state index contributed by atoms with van der Waals surface area (Å²) in [5.41, 5.74) is 5.91. The highest BCUT2D eigenvalue weighted by Crippen LogP contribution is 2.48. The van der Waals surface area contributed by atoms with Crippen molar-refractivity contribution in [3.05, 3.63) is 164 Å². The lowest BCUT2D eigenvalue weighted by Gasteiger charge is -2.27. The van der Waals surface area contributed by atoms with E-state index in [0.29, 0.717) is 0 Å². The maximum atomic E-state index is 2.43. The Bertz CT molecular complexity index is 2780. The van der Waals surface area contributed by atoms with Crippen LogP contribution in [0.4, 0.5) is 17.1 Å². The topological polar surface area (TPSA) is 3.24 Å². The van der Waals surface area contributed by atoms with Gasteiger partial charge in [0.05, 0.1) is 5.69 Å². The number of hydrogen-bond acceptors (Lipinski definition) is 3. The Kier molecular flexibility index (Phi) is 5.98. The van der Waals surface area contributed by atoms with Gasteiger partial charge in [-0.15, -0.1) is 22.7 Å². The van der Waals surface area contributed by atoms with Crippen molar-refractivity contribution in [2.45, 2.75) is 0 Å². The summed E-state index contributed by atoms with van der Waals surface area (Å²) in [6.45, 7) is 0. The minimum absolute atomic E-state index is 1.14. The lowest BCUT2D eigenvalue weighted by atomic mass is 10.0. The Labute approximate surface area is 280 Å². The second-order valence-electron chi connectivity index (χ2n) is 12.1. The lowest BCUT2D eigenvalue weighted by Crippen LogP contribution is -2.10. The molecule has 0 amide bonds. The van der Waals surface area contributed by atoms with Gasteiger partial charge in [-0.05, 0) is 69.8 Å². The first-order valence-electron chi connectivity index (χ1n) is 15.9. The molecule has 0 aliphatic heterocycles. The zero-order chi connectivity index (χ0) is 30.9. The molecular weight excluding hydrogens is 607 g/mol. The van der Waals surface area contributed by atoms with Crippen LogP contribution >= 0.6 is 22.7 Å². The molecule has 2 aromatic heterocycles. The largest absolute Gasteiger partial charge is 0.310 e. The SMILES string of the molecule is c1ccc(-c2ccc(N(c3ccc4sc5ccc6c7ccc8ccccc8c7sc6c5c4c3)c3cccc4ccccc34)cc2)cc1. The van der Waals surface area contributed by atoms with Crippen LogP contribution in [0.1, 0.15) is 0 Å². The van der Waals surface area contributed by atoms with Crippen molar-refractivity contribution in [3.63, 3.8) is 0 Å².